The summed E-state index contributed by atoms with van der Waals surface area (Å²) in [5.41, 5.74) is 10.7. The Bertz CT molecular complexity index is 1100. The molecule has 0 radical (unpaired) electrons. The topological polar surface area (TPSA) is 106 Å². The van der Waals surface area contributed by atoms with Crippen LogP contribution in [0.1, 0.15) is 53.0 Å². The molecule has 1 aromatic carbocycles. The maximum absolute atomic E-state index is 12.3. The molecule has 1 aliphatic carbocycles. The maximum Gasteiger partial charge on any atom is 0.236 e. The highest BCUT2D eigenvalue weighted by atomic mass is 32.2. The van der Waals surface area contributed by atoms with Crippen LogP contribution in [-0.2, 0) is 14.6 Å². The lowest BCUT2D eigenvalue weighted by Crippen LogP contribution is -2.15. The molecular formula is C24H32N4O3S. The van der Waals surface area contributed by atoms with E-state index in [9.17, 15) is 8.42 Å². The van der Waals surface area contributed by atoms with E-state index >= 15 is 0 Å². The summed E-state index contributed by atoms with van der Waals surface area (Å²) in [4.78, 5) is 4.92. The Labute approximate surface area is 191 Å². The molecule has 32 heavy (non-hydrogen) atoms. The van der Waals surface area contributed by atoms with Gasteiger partial charge in [-0.05, 0) is 65.2 Å². The Balaban J connectivity index is 2.22. The molecule has 0 aromatic heterocycles. The number of rotatable bonds is 8. The monoisotopic (exact) mass is 456 g/mol. The van der Waals surface area contributed by atoms with Crippen LogP contribution >= 0.6 is 0 Å². The van der Waals surface area contributed by atoms with Gasteiger partial charge in [-0.25, -0.2) is 8.42 Å². The molecule has 0 amide bonds. The largest absolute Gasteiger partial charge is 0.470 e. The molecule has 8 heteroatoms. The highest BCUT2D eigenvalue weighted by Gasteiger charge is 2.19. The highest BCUT2D eigenvalue weighted by molar-refractivity contribution is 7.92. The predicted octanol–water partition coefficient (Wildman–Crippen LogP) is 4.57. The molecule has 0 aliphatic heterocycles. The Morgan fingerprint density at radius 3 is 2.41 bits per heavy atom. The number of nitrogens with two attached hydrogens (primary N) is 1. The van der Waals surface area contributed by atoms with Gasteiger partial charge in [0, 0.05) is 23.7 Å². The number of hydrogen-bond donors (Lipinski definition) is 1. The number of allylic oxidation sites excluding steroid dienone is 4. The summed E-state index contributed by atoms with van der Waals surface area (Å²) in [6, 6.07) is 6.69. The maximum atomic E-state index is 12.3. The Morgan fingerprint density at radius 1 is 1.22 bits per heavy atom. The van der Waals surface area contributed by atoms with Crippen LogP contribution in [0, 0.1) is 0 Å². The minimum atomic E-state index is -3.32. The van der Waals surface area contributed by atoms with Crippen LogP contribution in [0.3, 0.4) is 0 Å². The molecule has 0 saturated heterocycles. The fourth-order valence-electron chi connectivity index (χ4n) is 3.08. The van der Waals surface area contributed by atoms with Gasteiger partial charge in [0.05, 0.1) is 15.8 Å². The van der Waals surface area contributed by atoms with E-state index in [-0.39, 0.29) is 6.61 Å². The van der Waals surface area contributed by atoms with Crippen LogP contribution in [0.15, 0.2) is 79.0 Å². The second kappa shape index (κ2) is 11.0. The Kier molecular flexibility index (Phi) is 8.72. The smallest absolute Gasteiger partial charge is 0.236 e. The number of ether oxygens (including phenoxy) is 1. The molecule has 2 rings (SSSR count). The van der Waals surface area contributed by atoms with Crippen molar-refractivity contribution in [2.45, 2.75) is 57.6 Å². The highest BCUT2D eigenvalue weighted by Crippen LogP contribution is 2.20. The molecule has 0 heterocycles. The van der Waals surface area contributed by atoms with Crippen molar-refractivity contribution in [3.63, 3.8) is 0 Å². The van der Waals surface area contributed by atoms with Gasteiger partial charge in [0.2, 0.25) is 5.90 Å². The Hall–Kier alpha value is -3.00. The summed E-state index contributed by atoms with van der Waals surface area (Å²) in [5, 5.41) is 7.19. The number of sulfone groups is 1. The SMILES string of the molecule is C=N/N=C(\OC/C(N=C(C)c1ccc(S(=O)(=O)C(C)C)cc1)=C(\C)N)C1=CC(C)=CCC1. The third-order valence-corrected chi connectivity index (χ3v) is 7.21. The van der Waals surface area contributed by atoms with Crippen LogP contribution in [0.25, 0.3) is 0 Å². The average molecular weight is 457 g/mol. The van der Waals surface area contributed by atoms with Crippen LogP contribution in [0.2, 0.25) is 0 Å². The standard InChI is InChI=1S/C24H32N4O3S/c1-16(2)32(29,30)22-12-10-20(11-13-22)19(5)27-23(18(4)25)15-31-24(28-26-6)21-9-7-8-17(3)14-21/h8,10-14,16H,6-7,9,15,25H2,1-5H3/b23-18-,27-19?,28-24-. The van der Waals surface area contributed by atoms with Gasteiger partial charge < -0.3 is 10.5 Å². The second-order valence-electron chi connectivity index (χ2n) is 7.94. The summed E-state index contributed by atoms with van der Waals surface area (Å²) >= 11 is 0. The first-order valence-corrected chi connectivity index (χ1v) is 12.0. The molecule has 1 aromatic rings. The first-order valence-electron chi connectivity index (χ1n) is 10.4. The summed E-state index contributed by atoms with van der Waals surface area (Å²) in [7, 11) is -3.32. The molecule has 0 atom stereocenters. The van der Waals surface area contributed by atoms with Crippen molar-refractivity contribution in [1.29, 1.82) is 0 Å². The summed E-state index contributed by atoms with van der Waals surface area (Å²) < 4.78 is 30.6. The molecule has 7 nitrogen and oxygen atoms in total. The lowest BCUT2D eigenvalue weighted by molar-refractivity contribution is 0.334. The second-order valence-corrected chi connectivity index (χ2v) is 10.4. The van der Waals surface area contributed by atoms with Gasteiger partial charge in [-0.1, -0.05) is 29.9 Å². The van der Waals surface area contributed by atoms with Gasteiger partial charge in [-0.3, -0.25) is 4.99 Å². The Morgan fingerprint density at radius 2 is 1.88 bits per heavy atom. The van der Waals surface area contributed by atoms with Crippen LogP contribution in [-0.4, -0.2) is 38.6 Å². The van der Waals surface area contributed by atoms with Gasteiger partial charge in [0.1, 0.15) is 6.61 Å². The number of aliphatic imine (C=N–C) groups is 1. The molecule has 0 fully saturated rings. The number of benzene rings is 1. The first kappa shape index (κ1) is 25.3. The molecule has 0 saturated carbocycles. The minimum absolute atomic E-state index is 0.119. The lowest BCUT2D eigenvalue weighted by Gasteiger charge is -2.15. The fraction of sp³-hybridized carbons (Fsp3) is 0.375. The van der Waals surface area contributed by atoms with E-state index < -0.39 is 15.1 Å². The van der Waals surface area contributed by atoms with Crippen LogP contribution < -0.4 is 5.73 Å². The van der Waals surface area contributed by atoms with Gasteiger partial charge in [0.25, 0.3) is 0 Å². The quantitative estimate of drug-likeness (QED) is 0.351. The number of nitrogens with zero attached hydrogens (tertiary/aromatic N) is 3. The molecule has 2 N–H and O–H groups in total. The third-order valence-electron chi connectivity index (χ3n) is 5.04. The van der Waals surface area contributed by atoms with Crippen molar-refractivity contribution in [3.05, 3.63) is 64.5 Å². The molecule has 0 spiro atoms. The lowest BCUT2D eigenvalue weighted by atomic mass is 10.0. The normalized spacial score (nSPS) is 16.3. The van der Waals surface area contributed by atoms with Crippen molar-refractivity contribution in [1.82, 2.24) is 0 Å². The van der Waals surface area contributed by atoms with E-state index in [2.05, 4.69) is 28.0 Å². The van der Waals surface area contributed by atoms with Crippen molar-refractivity contribution < 1.29 is 13.2 Å². The first-order chi connectivity index (χ1) is 15.1. The van der Waals surface area contributed by atoms with Gasteiger partial charge >= 0.3 is 0 Å². The fourth-order valence-corrected chi connectivity index (χ4v) is 4.14. The van der Waals surface area contributed by atoms with Crippen molar-refractivity contribution in [2.75, 3.05) is 6.61 Å². The van der Waals surface area contributed by atoms with Crippen molar-refractivity contribution in [2.24, 2.45) is 20.9 Å². The van der Waals surface area contributed by atoms with Crippen molar-refractivity contribution in [3.8, 4) is 0 Å². The summed E-state index contributed by atoms with van der Waals surface area (Å²) in [6.45, 7) is 12.5. The van der Waals surface area contributed by atoms with E-state index in [1.54, 1.807) is 45.0 Å². The van der Waals surface area contributed by atoms with E-state index in [4.69, 9.17) is 10.5 Å². The van der Waals surface area contributed by atoms with E-state index in [1.165, 1.54) is 0 Å². The zero-order valence-corrected chi connectivity index (χ0v) is 20.2. The zero-order chi connectivity index (χ0) is 23.9. The van der Waals surface area contributed by atoms with Crippen LogP contribution in [0.4, 0.5) is 0 Å². The van der Waals surface area contributed by atoms with Gasteiger partial charge in [-0.15, -0.1) is 5.10 Å². The summed E-state index contributed by atoms with van der Waals surface area (Å²) in [6.07, 6.45) is 5.90. The molecular weight excluding hydrogens is 424 g/mol. The molecule has 172 valence electrons. The van der Waals surface area contributed by atoms with Gasteiger partial charge in [-0.2, -0.15) is 5.10 Å². The molecule has 0 unspecified atom stereocenters. The van der Waals surface area contributed by atoms with E-state index in [1.807, 2.05) is 19.9 Å². The minimum Gasteiger partial charge on any atom is -0.470 e. The van der Waals surface area contributed by atoms with Gasteiger partial charge in [0.15, 0.2) is 9.84 Å². The van der Waals surface area contributed by atoms with E-state index in [0.29, 0.717) is 27.9 Å². The predicted molar refractivity (Wildman–Crippen MR) is 132 cm³/mol. The van der Waals surface area contributed by atoms with Crippen molar-refractivity contribution >= 4 is 28.2 Å². The third kappa shape index (κ3) is 6.50. The zero-order valence-electron chi connectivity index (χ0n) is 19.4. The molecule has 1 aliphatic rings. The number of hydrogen-bond acceptors (Lipinski definition) is 7. The van der Waals surface area contributed by atoms with E-state index in [0.717, 1.165) is 29.6 Å². The summed E-state index contributed by atoms with van der Waals surface area (Å²) in [5.74, 6) is 0.405. The average Bonchev–Trinajstić information content (AvgIpc) is 2.75. The van der Waals surface area contributed by atoms with Crippen LogP contribution in [0.5, 0.6) is 0 Å². The molecule has 0 bridgehead atoms.